The van der Waals surface area contributed by atoms with Crippen LogP contribution in [0, 0.1) is 0 Å². The van der Waals surface area contributed by atoms with Gasteiger partial charge in [-0.2, -0.15) is 0 Å². The van der Waals surface area contributed by atoms with E-state index >= 15 is 0 Å². The molecule has 0 spiro atoms. The highest BCUT2D eigenvalue weighted by atomic mass is 35.5. The van der Waals surface area contributed by atoms with Gasteiger partial charge in [-0.25, -0.2) is 4.98 Å². The second-order valence-corrected chi connectivity index (χ2v) is 7.67. The number of amides is 1. The van der Waals surface area contributed by atoms with Crippen LogP contribution in [0.3, 0.4) is 0 Å². The van der Waals surface area contributed by atoms with Crippen LogP contribution in [0.1, 0.15) is 33.4 Å². The molecular weight excluding hydrogens is 376 g/mol. The second kappa shape index (κ2) is 7.91. The predicted molar refractivity (Wildman–Crippen MR) is 110 cm³/mol. The van der Waals surface area contributed by atoms with Crippen molar-refractivity contribution in [2.75, 3.05) is 27.3 Å². The van der Waals surface area contributed by atoms with Crippen molar-refractivity contribution in [3.8, 4) is 0 Å². The van der Waals surface area contributed by atoms with Gasteiger partial charge in [-0.15, -0.1) is 0 Å². The molecule has 7 heteroatoms. The Balaban J connectivity index is 1.57. The van der Waals surface area contributed by atoms with Crippen LogP contribution in [0.5, 0.6) is 0 Å². The summed E-state index contributed by atoms with van der Waals surface area (Å²) in [6, 6.07) is 11.0. The number of methoxy groups -OCH3 is 1. The monoisotopic (exact) mass is 398 g/mol. The van der Waals surface area contributed by atoms with Crippen molar-refractivity contribution >= 4 is 28.5 Å². The maximum Gasteiger partial charge on any atom is 0.251 e. The highest BCUT2D eigenvalue weighted by molar-refractivity contribution is 6.31. The van der Waals surface area contributed by atoms with Crippen LogP contribution in [0.15, 0.2) is 36.4 Å². The van der Waals surface area contributed by atoms with Gasteiger partial charge in [0.25, 0.3) is 5.91 Å². The van der Waals surface area contributed by atoms with E-state index in [4.69, 9.17) is 16.3 Å². The van der Waals surface area contributed by atoms with Crippen molar-refractivity contribution in [2.24, 2.45) is 0 Å². The number of hydrogen-bond acceptors (Lipinski definition) is 4. The maximum atomic E-state index is 12.9. The first-order valence-corrected chi connectivity index (χ1v) is 9.66. The third-order valence-electron chi connectivity index (χ3n) is 5.10. The smallest absolute Gasteiger partial charge is 0.251 e. The van der Waals surface area contributed by atoms with E-state index in [-0.39, 0.29) is 11.9 Å². The van der Waals surface area contributed by atoms with Crippen LogP contribution >= 0.6 is 11.6 Å². The van der Waals surface area contributed by atoms with Gasteiger partial charge in [-0.3, -0.25) is 4.79 Å². The summed E-state index contributed by atoms with van der Waals surface area (Å²) in [6.07, 6.45) is 1.02. The number of hydrogen-bond donors (Lipinski definition) is 2. The number of aromatic amines is 1. The SMILES string of the molecule is COC[C@H](NC(=O)c1ccc2c(c1)CN(C)CC2)c1nc2ccc(Cl)cc2[nH]1. The molecule has 2 heterocycles. The number of aromatic nitrogens is 2. The molecule has 4 rings (SSSR count). The molecule has 1 aliphatic rings. The van der Waals surface area contributed by atoms with E-state index in [9.17, 15) is 4.79 Å². The number of halogens is 1. The van der Waals surface area contributed by atoms with E-state index in [1.54, 1.807) is 13.2 Å². The van der Waals surface area contributed by atoms with E-state index in [2.05, 4.69) is 33.3 Å². The first-order valence-electron chi connectivity index (χ1n) is 9.29. The molecule has 0 bridgehead atoms. The Morgan fingerprint density at radius 1 is 1.32 bits per heavy atom. The van der Waals surface area contributed by atoms with Crippen molar-refractivity contribution < 1.29 is 9.53 Å². The van der Waals surface area contributed by atoms with Crippen LogP contribution in [0.4, 0.5) is 0 Å². The van der Waals surface area contributed by atoms with E-state index in [0.29, 0.717) is 23.0 Å². The molecule has 2 N–H and O–H groups in total. The summed E-state index contributed by atoms with van der Waals surface area (Å²) in [5.74, 6) is 0.502. The summed E-state index contributed by atoms with van der Waals surface area (Å²) >= 11 is 6.06. The molecule has 28 heavy (non-hydrogen) atoms. The highest BCUT2D eigenvalue weighted by Gasteiger charge is 2.21. The van der Waals surface area contributed by atoms with Crippen LogP contribution in [0.25, 0.3) is 11.0 Å². The van der Waals surface area contributed by atoms with Gasteiger partial charge in [-0.05, 0) is 54.9 Å². The van der Waals surface area contributed by atoms with E-state index in [0.717, 1.165) is 30.5 Å². The third-order valence-corrected chi connectivity index (χ3v) is 5.34. The number of likely N-dealkylation sites (N-methyl/N-ethyl adjacent to an activating group) is 1. The zero-order valence-corrected chi connectivity index (χ0v) is 16.7. The third kappa shape index (κ3) is 3.90. The van der Waals surface area contributed by atoms with Crippen molar-refractivity contribution in [2.45, 2.75) is 19.0 Å². The lowest BCUT2D eigenvalue weighted by Gasteiger charge is -2.25. The van der Waals surface area contributed by atoms with Crippen molar-refractivity contribution in [3.05, 3.63) is 63.9 Å². The average Bonchev–Trinajstić information content (AvgIpc) is 3.10. The summed E-state index contributed by atoms with van der Waals surface area (Å²) in [6.45, 7) is 2.22. The van der Waals surface area contributed by atoms with Crippen molar-refractivity contribution in [3.63, 3.8) is 0 Å². The van der Waals surface area contributed by atoms with Gasteiger partial charge in [0.2, 0.25) is 0 Å². The fourth-order valence-corrected chi connectivity index (χ4v) is 3.78. The number of carbonyl (C=O) groups is 1. The summed E-state index contributed by atoms with van der Waals surface area (Å²) in [5, 5.41) is 3.67. The number of benzene rings is 2. The van der Waals surface area contributed by atoms with E-state index < -0.39 is 0 Å². The number of rotatable bonds is 5. The summed E-state index contributed by atoms with van der Waals surface area (Å²) in [5.41, 5.74) is 4.80. The molecule has 6 nitrogen and oxygen atoms in total. The molecule has 3 aromatic rings. The molecule has 2 aromatic carbocycles. The number of ether oxygens (including phenoxy) is 1. The summed E-state index contributed by atoms with van der Waals surface area (Å²) < 4.78 is 5.31. The Bertz CT molecular complexity index is 1020. The number of carbonyl (C=O) groups excluding carboxylic acids is 1. The van der Waals surface area contributed by atoms with E-state index in [1.807, 2.05) is 24.3 Å². The predicted octanol–water partition coefficient (Wildman–Crippen LogP) is 3.32. The number of nitrogens with one attached hydrogen (secondary N) is 2. The van der Waals surface area contributed by atoms with Gasteiger partial charge in [0.15, 0.2) is 0 Å². The van der Waals surface area contributed by atoms with Crippen LogP contribution < -0.4 is 5.32 Å². The molecule has 0 radical (unpaired) electrons. The van der Waals surface area contributed by atoms with Gasteiger partial charge < -0.3 is 19.9 Å². The standard InChI is InChI=1S/C21H23ClN4O2/c1-26-8-7-13-3-4-14(9-15(13)11-26)21(27)25-19(12-28-2)20-23-17-6-5-16(22)10-18(17)24-20/h3-6,9-10,19H,7-8,11-12H2,1-2H3,(H,23,24)(H,25,27)/t19-/m0/s1. The molecule has 0 aliphatic carbocycles. The molecule has 0 unspecified atom stereocenters. The second-order valence-electron chi connectivity index (χ2n) is 7.24. The molecule has 1 aliphatic heterocycles. The first-order chi connectivity index (χ1) is 13.5. The van der Waals surface area contributed by atoms with Crippen molar-refractivity contribution in [1.29, 1.82) is 0 Å². The molecule has 1 aromatic heterocycles. The topological polar surface area (TPSA) is 70.2 Å². The Labute approximate surface area is 168 Å². The fourth-order valence-electron chi connectivity index (χ4n) is 3.60. The highest BCUT2D eigenvalue weighted by Crippen LogP contribution is 2.22. The van der Waals surface area contributed by atoms with E-state index in [1.165, 1.54) is 11.1 Å². The quantitative estimate of drug-likeness (QED) is 0.691. The van der Waals surface area contributed by atoms with Gasteiger partial charge >= 0.3 is 0 Å². The molecule has 0 saturated heterocycles. The van der Waals surface area contributed by atoms with Gasteiger partial charge in [0, 0.05) is 30.8 Å². The Morgan fingerprint density at radius 2 is 2.18 bits per heavy atom. The maximum absolute atomic E-state index is 12.9. The minimum absolute atomic E-state index is 0.142. The molecule has 1 amide bonds. The van der Waals surface area contributed by atoms with Crippen LogP contribution in [-0.2, 0) is 17.7 Å². The zero-order chi connectivity index (χ0) is 19.7. The van der Waals surface area contributed by atoms with Gasteiger partial charge in [-0.1, -0.05) is 17.7 Å². The van der Waals surface area contributed by atoms with Crippen LogP contribution in [0.2, 0.25) is 5.02 Å². The molecular formula is C21H23ClN4O2. The van der Waals surface area contributed by atoms with Crippen LogP contribution in [-0.4, -0.2) is 48.1 Å². The molecule has 146 valence electrons. The number of H-pyrrole nitrogens is 1. The summed E-state index contributed by atoms with van der Waals surface area (Å²) in [7, 11) is 3.70. The lowest BCUT2D eigenvalue weighted by atomic mass is 9.97. The zero-order valence-electron chi connectivity index (χ0n) is 16.0. The Kier molecular flexibility index (Phi) is 5.35. The van der Waals surface area contributed by atoms with Gasteiger partial charge in [0.05, 0.1) is 17.6 Å². The van der Waals surface area contributed by atoms with Crippen molar-refractivity contribution in [1.82, 2.24) is 20.2 Å². The Hall–Kier alpha value is -2.41. The average molecular weight is 399 g/mol. The minimum Gasteiger partial charge on any atom is -0.382 e. The summed E-state index contributed by atoms with van der Waals surface area (Å²) in [4.78, 5) is 23.0. The molecule has 1 atom stereocenters. The Morgan fingerprint density at radius 3 is 3.00 bits per heavy atom. The molecule has 0 fully saturated rings. The number of nitrogens with zero attached hydrogens (tertiary/aromatic N) is 2. The normalized spacial score (nSPS) is 15.4. The minimum atomic E-state index is -0.387. The van der Waals surface area contributed by atoms with Gasteiger partial charge in [0.1, 0.15) is 11.9 Å². The lowest BCUT2D eigenvalue weighted by Crippen LogP contribution is -2.32. The molecule has 0 saturated carbocycles. The lowest BCUT2D eigenvalue weighted by molar-refractivity contribution is 0.0892. The largest absolute Gasteiger partial charge is 0.382 e. The number of fused-ring (bicyclic) bond motifs is 2. The first kappa shape index (κ1) is 18.9. The number of imidazole rings is 1. The fraction of sp³-hybridized carbons (Fsp3) is 0.333.